The van der Waals surface area contributed by atoms with Crippen LogP contribution < -0.4 is 0 Å². The average Bonchev–Trinajstić information content (AvgIpc) is 3.64. The highest BCUT2D eigenvalue weighted by atomic mass is 19.2. The summed E-state index contributed by atoms with van der Waals surface area (Å²) in [6, 6.07) is 12.4. The minimum absolute atomic E-state index is 0.118. The van der Waals surface area contributed by atoms with Gasteiger partial charge in [0.05, 0.1) is 6.61 Å². The van der Waals surface area contributed by atoms with Gasteiger partial charge in [-0.15, -0.1) is 6.58 Å². The van der Waals surface area contributed by atoms with Crippen LogP contribution in [0.1, 0.15) is 72.8 Å². The quantitative estimate of drug-likeness (QED) is 0.299. The normalized spacial score (nSPS) is 23.2. The van der Waals surface area contributed by atoms with Gasteiger partial charge in [0.25, 0.3) is 0 Å². The Labute approximate surface area is 184 Å². The molecule has 0 radical (unpaired) electrons. The van der Waals surface area contributed by atoms with Gasteiger partial charge in [0, 0.05) is 5.56 Å². The number of benzene rings is 2. The van der Waals surface area contributed by atoms with Crippen molar-refractivity contribution in [3.63, 3.8) is 0 Å². The molecule has 1 aliphatic heterocycles. The van der Waals surface area contributed by atoms with Gasteiger partial charge in [0.15, 0.2) is 11.6 Å². The lowest BCUT2D eigenvalue weighted by molar-refractivity contribution is 0.360. The average molecular weight is 423 g/mol. The lowest BCUT2D eigenvalue weighted by Gasteiger charge is -2.27. The minimum Gasteiger partial charge on any atom is -0.368 e. The fourth-order valence-corrected chi connectivity index (χ4v) is 4.67. The summed E-state index contributed by atoms with van der Waals surface area (Å²) >= 11 is 0. The highest BCUT2D eigenvalue weighted by molar-refractivity contribution is 5.32. The Hall–Kier alpha value is -2.26. The van der Waals surface area contributed by atoms with E-state index in [1.165, 1.54) is 11.1 Å². The number of ether oxygens (including phenoxy) is 1. The second-order valence-electron chi connectivity index (χ2n) is 8.92. The van der Waals surface area contributed by atoms with Gasteiger partial charge in [-0.1, -0.05) is 54.6 Å². The number of aryl methyl sites for hydroxylation is 2. The molecule has 1 heterocycles. The summed E-state index contributed by atoms with van der Waals surface area (Å²) in [5.74, 6) is -0.712. The molecule has 2 aromatic rings. The van der Waals surface area contributed by atoms with E-state index in [9.17, 15) is 8.78 Å². The fraction of sp³-hybridized carbons (Fsp3) is 0.429. The van der Waals surface area contributed by atoms with Gasteiger partial charge in [0.1, 0.15) is 6.10 Å². The molecule has 164 valence electrons. The molecule has 0 bridgehead atoms. The fourth-order valence-electron chi connectivity index (χ4n) is 4.67. The maximum Gasteiger partial charge on any atom is 0.165 e. The van der Waals surface area contributed by atoms with Crippen molar-refractivity contribution in [2.75, 3.05) is 6.61 Å². The first kappa shape index (κ1) is 22.0. The van der Waals surface area contributed by atoms with E-state index in [4.69, 9.17) is 4.74 Å². The molecule has 0 aromatic heterocycles. The van der Waals surface area contributed by atoms with Gasteiger partial charge in [0.2, 0.25) is 0 Å². The number of epoxide rings is 1. The molecule has 2 fully saturated rings. The van der Waals surface area contributed by atoms with E-state index in [1.807, 2.05) is 6.08 Å². The Morgan fingerprint density at radius 1 is 0.839 bits per heavy atom. The van der Waals surface area contributed by atoms with E-state index < -0.39 is 11.6 Å². The molecule has 4 rings (SSSR count). The van der Waals surface area contributed by atoms with Crippen LogP contribution in [0.2, 0.25) is 0 Å². The predicted octanol–water partition coefficient (Wildman–Crippen LogP) is 7.62. The first-order chi connectivity index (χ1) is 15.2. The first-order valence-electron chi connectivity index (χ1n) is 11.6. The molecule has 0 spiro atoms. The molecule has 1 aliphatic carbocycles. The van der Waals surface area contributed by atoms with Crippen LogP contribution in [-0.2, 0) is 17.6 Å². The molecule has 2 aromatic carbocycles. The summed E-state index contributed by atoms with van der Waals surface area (Å²) in [5.41, 5.74) is 3.64. The number of rotatable bonds is 9. The summed E-state index contributed by atoms with van der Waals surface area (Å²) in [7, 11) is 0. The van der Waals surface area contributed by atoms with Crippen LogP contribution in [-0.4, -0.2) is 6.61 Å². The predicted molar refractivity (Wildman–Crippen MR) is 122 cm³/mol. The summed E-state index contributed by atoms with van der Waals surface area (Å²) in [5, 5.41) is 0. The smallest absolute Gasteiger partial charge is 0.165 e. The number of halogens is 2. The summed E-state index contributed by atoms with van der Waals surface area (Å²) < 4.78 is 34.0. The molecule has 1 saturated heterocycles. The monoisotopic (exact) mass is 422 g/mol. The molecule has 3 heteroatoms. The van der Waals surface area contributed by atoms with E-state index in [1.54, 1.807) is 12.1 Å². The maximum atomic E-state index is 14.6. The van der Waals surface area contributed by atoms with Gasteiger partial charge in [-0.25, -0.2) is 8.78 Å². The van der Waals surface area contributed by atoms with Crippen LogP contribution in [0, 0.1) is 17.6 Å². The maximum absolute atomic E-state index is 14.6. The highest BCUT2D eigenvalue weighted by Crippen LogP contribution is 2.40. The molecule has 1 saturated carbocycles. The van der Waals surface area contributed by atoms with Crippen molar-refractivity contribution in [2.24, 2.45) is 5.92 Å². The third kappa shape index (κ3) is 5.71. The first-order valence-corrected chi connectivity index (χ1v) is 11.6. The van der Waals surface area contributed by atoms with Crippen LogP contribution in [0.4, 0.5) is 8.78 Å². The van der Waals surface area contributed by atoms with Gasteiger partial charge in [-0.05, 0) is 79.9 Å². The minimum atomic E-state index is -0.712. The third-order valence-electron chi connectivity index (χ3n) is 6.70. The van der Waals surface area contributed by atoms with Gasteiger partial charge >= 0.3 is 0 Å². The van der Waals surface area contributed by atoms with Crippen LogP contribution in [0.5, 0.6) is 0 Å². The lowest BCUT2D eigenvalue weighted by Crippen LogP contribution is -2.14. The summed E-state index contributed by atoms with van der Waals surface area (Å²) in [6.07, 6.45) is 14.4. The largest absolute Gasteiger partial charge is 0.368 e. The molecule has 0 N–H and O–H groups in total. The zero-order chi connectivity index (χ0) is 21.6. The summed E-state index contributed by atoms with van der Waals surface area (Å²) in [6.45, 7) is 4.27. The van der Waals surface area contributed by atoms with Crippen molar-refractivity contribution >= 4 is 0 Å². The van der Waals surface area contributed by atoms with Crippen LogP contribution >= 0.6 is 0 Å². The van der Waals surface area contributed by atoms with Crippen LogP contribution in [0.25, 0.3) is 0 Å². The van der Waals surface area contributed by atoms with Crippen molar-refractivity contribution in [1.29, 1.82) is 0 Å². The molecule has 1 nitrogen and oxygen atoms in total. The van der Waals surface area contributed by atoms with E-state index >= 15 is 0 Å². The number of hydrogen-bond acceptors (Lipinski definition) is 1. The van der Waals surface area contributed by atoms with Crippen LogP contribution in [0.15, 0.2) is 61.2 Å². The van der Waals surface area contributed by atoms with Gasteiger partial charge in [-0.2, -0.15) is 0 Å². The Morgan fingerprint density at radius 3 is 2.03 bits per heavy atom. The van der Waals surface area contributed by atoms with Crippen molar-refractivity contribution in [3.05, 3.63) is 95.1 Å². The Kier molecular flexibility index (Phi) is 7.34. The van der Waals surface area contributed by atoms with Gasteiger partial charge < -0.3 is 4.74 Å². The Morgan fingerprint density at radius 2 is 1.42 bits per heavy atom. The third-order valence-corrected chi connectivity index (χ3v) is 6.70. The lowest BCUT2D eigenvalue weighted by atomic mass is 9.78. The molecule has 31 heavy (non-hydrogen) atoms. The van der Waals surface area contributed by atoms with Crippen molar-refractivity contribution in [1.82, 2.24) is 0 Å². The molecular formula is C28H32F2O. The van der Waals surface area contributed by atoms with E-state index in [0.717, 1.165) is 51.4 Å². The summed E-state index contributed by atoms with van der Waals surface area (Å²) in [4.78, 5) is 0. The standard InChI is InChI=1S/C28H32F2O/c1-2-3-6-20-9-11-21(12-10-20)7-4-5-8-22-13-15-23(16-14-22)24-17-18-25(26-19-31-26)28(30)27(24)29/h2,5,8-12,17-18,22-23,26H,1,3-4,6-7,13-16,19H2/b8-5+. The highest BCUT2D eigenvalue weighted by Gasteiger charge is 2.32. The molecule has 1 unspecified atom stereocenters. The molecule has 0 amide bonds. The van der Waals surface area contributed by atoms with Gasteiger partial charge in [-0.3, -0.25) is 0 Å². The van der Waals surface area contributed by atoms with Crippen molar-refractivity contribution in [3.8, 4) is 0 Å². The van der Waals surface area contributed by atoms with Crippen molar-refractivity contribution < 1.29 is 13.5 Å². The topological polar surface area (TPSA) is 12.5 Å². The number of hydrogen-bond donors (Lipinski definition) is 0. The second kappa shape index (κ2) is 10.4. The zero-order valence-corrected chi connectivity index (χ0v) is 18.2. The second-order valence-corrected chi connectivity index (χ2v) is 8.92. The van der Waals surface area contributed by atoms with E-state index in [-0.39, 0.29) is 12.0 Å². The molecule has 1 atom stereocenters. The molecular weight excluding hydrogens is 390 g/mol. The Bertz CT molecular complexity index is 903. The number of allylic oxidation sites excluding steroid dienone is 3. The van der Waals surface area contributed by atoms with E-state index in [2.05, 4.69) is 43.0 Å². The van der Waals surface area contributed by atoms with Crippen molar-refractivity contribution in [2.45, 2.75) is 63.4 Å². The zero-order valence-electron chi connectivity index (χ0n) is 18.2. The van der Waals surface area contributed by atoms with Crippen LogP contribution in [0.3, 0.4) is 0 Å². The molecule has 2 aliphatic rings. The Balaban J connectivity index is 1.22. The van der Waals surface area contributed by atoms with E-state index in [0.29, 0.717) is 23.7 Å². The SMILES string of the molecule is C=CCCc1ccc(CC/C=C/C2CCC(c3ccc(C4CO4)c(F)c3F)CC2)cc1.